The van der Waals surface area contributed by atoms with Crippen molar-refractivity contribution in [2.45, 2.75) is 18.7 Å². The van der Waals surface area contributed by atoms with E-state index in [1.807, 2.05) is 11.4 Å². The van der Waals surface area contributed by atoms with Crippen LogP contribution in [0.25, 0.3) is 0 Å². The second-order valence-electron chi connectivity index (χ2n) is 2.95. The molecular weight excluding hydrogens is 190 g/mol. The van der Waals surface area contributed by atoms with Gasteiger partial charge in [0.25, 0.3) is 0 Å². The van der Waals surface area contributed by atoms with Gasteiger partial charge in [-0.3, -0.25) is 10.1 Å². The van der Waals surface area contributed by atoms with Crippen molar-refractivity contribution >= 4 is 17.3 Å². The van der Waals surface area contributed by atoms with Crippen molar-refractivity contribution in [3.8, 4) is 0 Å². The Morgan fingerprint density at radius 2 is 2.46 bits per heavy atom. The van der Waals surface area contributed by atoms with Gasteiger partial charge in [0, 0.05) is 11.4 Å². The summed E-state index contributed by atoms with van der Waals surface area (Å²) in [6, 6.07) is 1.03. The van der Waals surface area contributed by atoms with Crippen molar-refractivity contribution in [1.29, 1.82) is 0 Å². The molecule has 1 unspecified atom stereocenters. The van der Waals surface area contributed by atoms with Crippen LogP contribution in [0.2, 0.25) is 0 Å². The minimum Gasteiger partial charge on any atom is -0.480 e. The highest BCUT2D eigenvalue weighted by atomic mass is 32.1. The molecular formula is C8H9NO3S. The number of rotatable bonds is 1. The van der Waals surface area contributed by atoms with Crippen LogP contribution in [0.4, 0.5) is 0 Å². The Balaban J connectivity index is 2.32. The van der Waals surface area contributed by atoms with E-state index >= 15 is 0 Å². The molecule has 0 saturated heterocycles. The molecule has 5 heteroatoms. The summed E-state index contributed by atoms with van der Waals surface area (Å²) in [6.45, 7) is 0.521. The molecule has 2 rings (SSSR count). The Bertz CT molecular complexity index is 336. The van der Waals surface area contributed by atoms with Crippen LogP contribution in [-0.2, 0) is 11.3 Å². The van der Waals surface area contributed by atoms with E-state index in [-0.39, 0.29) is 0 Å². The Morgan fingerprint density at radius 1 is 1.69 bits per heavy atom. The molecule has 13 heavy (non-hydrogen) atoms. The van der Waals surface area contributed by atoms with Gasteiger partial charge in [-0.1, -0.05) is 0 Å². The number of carboxylic acids is 1. The summed E-state index contributed by atoms with van der Waals surface area (Å²) in [5.41, 5.74) is 0.995. The van der Waals surface area contributed by atoms with Gasteiger partial charge in [-0.2, -0.15) is 0 Å². The predicted octanol–water partition coefficient (Wildman–Crippen LogP) is 0.338. The van der Waals surface area contributed by atoms with E-state index in [9.17, 15) is 9.90 Å². The largest absolute Gasteiger partial charge is 0.480 e. The van der Waals surface area contributed by atoms with Crippen LogP contribution in [0.5, 0.6) is 0 Å². The summed E-state index contributed by atoms with van der Waals surface area (Å²) in [6.07, 6.45) is -0.916. The first-order valence-electron chi connectivity index (χ1n) is 3.90. The van der Waals surface area contributed by atoms with Crippen LogP contribution >= 0.6 is 11.3 Å². The van der Waals surface area contributed by atoms with E-state index < -0.39 is 18.1 Å². The second-order valence-corrected chi connectivity index (χ2v) is 3.90. The van der Waals surface area contributed by atoms with Crippen LogP contribution in [0.15, 0.2) is 11.4 Å². The van der Waals surface area contributed by atoms with Crippen LogP contribution in [0, 0.1) is 0 Å². The quantitative estimate of drug-likeness (QED) is 0.610. The summed E-state index contributed by atoms with van der Waals surface area (Å²) in [5, 5.41) is 23.0. The van der Waals surface area contributed by atoms with Gasteiger partial charge in [0.15, 0.2) is 0 Å². The number of hydrogen-bond donors (Lipinski definition) is 3. The standard InChI is InChI=1S/C8H9NO3S/c10-6-5(8(11)12)9-3-4-1-2-13-7(4)6/h1-2,5-6,9-10H,3H2,(H,11,12)/t5-,6?/m1/s1. The highest BCUT2D eigenvalue weighted by molar-refractivity contribution is 7.10. The molecule has 0 amide bonds. The number of aliphatic carboxylic acids is 1. The van der Waals surface area contributed by atoms with Crippen molar-refractivity contribution in [2.24, 2.45) is 0 Å². The SMILES string of the molecule is O=C(O)[C@@H]1NCc2ccsc2C1O. The third kappa shape index (κ3) is 1.35. The van der Waals surface area contributed by atoms with Gasteiger partial charge in [0.05, 0.1) is 0 Å². The molecule has 1 aliphatic rings. The average molecular weight is 199 g/mol. The van der Waals surface area contributed by atoms with E-state index in [1.165, 1.54) is 11.3 Å². The smallest absolute Gasteiger partial charge is 0.323 e. The van der Waals surface area contributed by atoms with Crippen molar-refractivity contribution in [3.63, 3.8) is 0 Å². The van der Waals surface area contributed by atoms with Crippen LogP contribution in [-0.4, -0.2) is 22.2 Å². The van der Waals surface area contributed by atoms with E-state index in [0.29, 0.717) is 6.54 Å². The van der Waals surface area contributed by atoms with Crippen molar-refractivity contribution in [1.82, 2.24) is 5.32 Å². The number of thiophene rings is 1. The zero-order valence-corrected chi connectivity index (χ0v) is 7.54. The third-order valence-corrected chi connectivity index (χ3v) is 3.17. The summed E-state index contributed by atoms with van der Waals surface area (Å²) < 4.78 is 0. The predicted molar refractivity (Wildman–Crippen MR) is 47.5 cm³/mol. The molecule has 0 radical (unpaired) electrons. The molecule has 70 valence electrons. The minimum atomic E-state index is -1.01. The van der Waals surface area contributed by atoms with Gasteiger partial charge in [-0.15, -0.1) is 11.3 Å². The molecule has 0 bridgehead atoms. The zero-order valence-electron chi connectivity index (χ0n) is 6.73. The minimum absolute atomic E-state index is 0.521. The highest BCUT2D eigenvalue weighted by Crippen LogP contribution is 2.30. The summed E-state index contributed by atoms with van der Waals surface area (Å²) in [5.74, 6) is -1.01. The lowest BCUT2D eigenvalue weighted by atomic mass is 10.0. The first kappa shape index (κ1) is 8.68. The van der Waals surface area contributed by atoms with Crippen LogP contribution < -0.4 is 5.32 Å². The number of carboxylic acid groups (broad SMARTS) is 1. The number of hydrogen-bond acceptors (Lipinski definition) is 4. The Labute approximate surface area is 78.8 Å². The highest BCUT2D eigenvalue weighted by Gasteiger charge is 2.33. The van der Waals surface area contributed by atoms with Gasteiger partial charge in [-0.05, 0) is 17.0 Å². The molecule has 2 atom stereocenters. The summed E-state index contributed by atoms with van der Waals surface area (Å²) in [7, 11) is 0. The van der Waals surface area contributed by atoms with E-state index in [2.05, 4.69) is 5.32 Å². The average Bonchev–Trinajstić information content (AvgIpc) is 2.52. The molecule has 0 fully saturated rings. The van der Waals surface area contributed by atoms with Gasteiger partial charge < -0.3 is 10.2 Å². The van der Waals surface area contributed by atoms with Crippen molar-refractivity contribution in [3.05, 3.63) is 21.9 Å². The lowest BCUT2D eigenvalue weighted by Gasteiger charge is -2.25. The third-order valence-electron chi connectivity index (χ3n) is 2.14. The molecule has 0 aliphatic carbocycles. The maximum Gasteiger partial charge on any atom is 0.323 e. The Hall–Kier alpha value is -0.910. The fourth-order valence-electron chi connectivity index (χ4n) is 1.46. The van der Waals surface area contributed by atoms with E-state index in [0.717, 1.165) is 10.4 Å². The maximum atomic E-state index is 10.7. The monoisotopic (exact) mass is 199 g/mol. The maximum absolute atomic E-state index is 10.7. The lowest BCUT2D eigenvalue weighted by molar-refractivity contribution is -0.143. The molecule has 0 spiro atoms. The summed E-state index contributed by atoms with van der Waals surface area (Å²) in [4.78, 5) is 11.4. The van der Waals surface area contributed by atoms with Crippen LogP contribution in [0.3, 0.4) is 0 Å². The first-order chi connectivity index (χ1) is 6.20. The number of fused-ring (bicyclic) bond motifs is 1. The number of nitrogens with one attached hydrogen (secondary N) is 1. The molecule has 4 nitrogen and oxygen atoms in total. The molecule has 2 heterocycles. The molecule has 1 aromatic heterocycles. The van der Waals surface area contributed by atoms with Crippen molar-refractivity contribution < 1.29 is 15.0 Å². The van der Waals surface area contributed by atoms with Crippen LogP contribution in [0.1, 0.15) is 16.5 Å². The fraction of sp³-hybridized carbons (Fsp3) is 0.375. The molecule has 1 aliphatic heterocycles. The lowest BCUT2D eigenvalue weighted by Crippen LogP contribution is -2.44. The topological polar surface area (TPSA) is 69.6 Å². The van der Waals surface area contributed by atoms with E-state index in [1.54, 1.807) is 0 Å². The normalized spacial score (nSPS) is 26.8. The molecule has 0 aromatic carbocycles. The zero-order chi connectivity index (χ0) is 9.42. The van der Waals surface area contributed by atoms with E-state index in [4.69, 9.17) is 5.11 Å². The molecule has 3 N–H and O–H groups in total. The van der Waals surface area contributed by atoms with Crippen molar-refractivity contribution in [2.75, 3.05) is 0 Å². The van der Waals surface area contributed by atoms with Gasteiger partial charge in [0.2, 0.25) is 0 Å². The fourth-order valence-corrected chi connectivity index (χ4v) is 2.40. The number of carbonyl (C=O) groups is 1. The Kier molecular flexibility index (Phi) is 2.07. The summed E-state index contributed by atoms with van der Waals surface area (Å²) >= 11 is 1.40. The molecule has 1 aromatic rings. The number of aliphatic hydroxyl groups excluding tert-OH is 1. The first-order valence-corrected chi connectivity index (χ1v) is 4.78. The Morgan fingerprint density at radius 3 is 3.15 bits per heavy atom. The second kappa shape index (κ2) is 3.10. The van der Waals surface area contributed by atoms with Gasteiger partial charge in [0.1, 0.15) is 12.1 Å². The molecule has 0 saturated carbocycles. The van der Waals surface area contributed by atoms with Gasteiger partial charge in [-0.25, -0.2) is 0 Å². The number of aliphatic hydroxyl groups is 1. The van der Waals surface area contributed by atoms with Gasteiger partial charge >= 0.3 is 5.97 Å².